The zero-order chi connectivity index (χ0) is 14.3. The van der Waals surface area contributed by atoms with Gasteiger partial charge in [0.25, 0.3) is 5.69 Å². The van der Waals surface area contributed by atoms with Crippen LogP contribution >= 0.6 is 0 Å². The van der Waals surface area contributed by atoms with E-state index >= 15 is 0 Å². The van der Waals surface area contributed by atoms with Gasteiger partial charge in [0.2, 0.25) is 0 Å². The Hall–Kier alpha value is -1.42. The molecular formula is C15H24N2O2. The summed E-state index contributed by atoms with van der Waals surface area (Å²) in [6.45, 7) is 6.43. The molecule has 0 aromatic heterocycles. The molecular weight excluding hydrogens is 240 g/mol. The van der Waals surface area contributed by atoms with Gasteiger partial charge in [0.05, 0.1) is 4.92 Å². The third kappa shape index (κ3) is 4.99. The van der Waals surface area contributed by atoms with Gasteiger partial charge in [-0.05, 0) is 25.3 Å². The number of benzene rings is 1. The zero-order valence-corrected chi connectivity index (χ0v) is 12.1. The Morgan fingerprint density at radius 2 is 1.89 bits per heavy atom. The number of hydrogen-bond acceptors (Lipinski definition) is 3. The molecule has 1 atom stereocenters. The van der Waals surface area contributed by atoms with E-state index in [0.717, 1.165) is 31.2 Å². The lowest BCUT2D eigenvalue weighted by molar-refractivity contribution is -0.384. The molecule has 1 aromatic carbocycles. The summed E-state index contributed by atoms with van der Waals surface area (Å²) in [5, 5.41) is 14.4. The molecule has 0 fully saturated rings. The molecule has 4 nitrogen and oxygen atoms in total. The summed E-state index contributed by atoms with van der Waals surface area (Å²) >= 11 is 0. The molecule has 0 radical (unpaired) electrons. The molecule has 0 amide bonds. The van der Waals surface area contributed by atoms with E-state index in [0.29, 0.717) is 6.04 Å². The van der Waals surface area contributed by atoms with Crippen LogP contribution in [0, 0.1) is 10.1 Å². The Morgan fingerprint density at radius 3 is 2.42 bits per heavy atom. The van der Waals surface area contributed by atoms with Crippen LogP contribution in [-0.4, -0.2) is 11.0 Å². The van der Waals surface area contributed by atoms with Gasteiger partial charge in [-0.1, -0.05) is 38.8 Å². The van der Waals surface area contributed by atoms with Gasteiger partial charge in [-0.25, -0.2) is 0 Å². The van der Waals surface area contributed by atoms with Gasteiger partial charge in [0, 0.05) is 24.2 Å². The second kappa shape index (κ2) is 7.89. The van der Waals surface area contributed by atoms with Crippen molar-refractivity contribution >= 4 is 5.69 Å². The molecule has 0 spiro atoms. The number of nitro benzene ring substituents is 1. The first-order valence-electron chi connectivity index (χ1n) is 7.08. The van der Waals surface area contributed by atoms with Gasteiger partial charge < -0.3 is 5.32 Å². The van der Waals surface area contributed by atoms with E-state index in [-0.39, 0.29) is 16.7 Å². The molecule has 0 aliphatic carbocycles. The van der Waals surface area contributed by atoms with E-state index in [1.165, 1.54) is 6.07 Å². The topological polar surface area (TPSA) is 55.2 Å². The van der Waals surface area contributed by atoms with E-state index in [2.05, 4.69) is 26.1 Å². The lowest BCUT2D eigenvalue weighted by Crippen LogP contribution is -2.31. The maximum atomic E-state index is 10.8. The van der Waals surface area contributed by atoms with Crippen molar-refractivity contribution in [1.29, 1.82) is 0 Å². The average Bonchev–Trinajstić information content (AvgIpc) is 2.39. The number of nitrogens with one attached hydrogen (secondary N) is 1. The summed E-state index contributed by atoms with van der Waals surface area (Å²) in [7, 11) is 0. The van der Waals surface area contributed by atoms with Crippen LogP contribution in [0.2, 0.25) is 0 Å². The van der Waals surface area contributed by atoms with Crippen LogP contribution in [0.3, 0.4) is 0 Å². The number of nitrogens with zero attached hydrogens (tertiary/aromatic N) is 1. The minimum absolute atomic E-state index is 0.142. The van der Waals surface area contributed by atoms with E-state index < -0.39 is 0 Å². The van der Waals surface area contributed by atoms with Crippen molar-refractivity contribution < 1.29 is 4.92 Å². The predicted octanol–water partition coefficient (Wildman–Crippen LogP) is 4.21. The minimum atomic E-state index is -0.341. The summed E-state index contributed by atoms with van der Waals surface area (Å²) in [6, 6.07) is 7.52. The van der Waals surface area contributed by atoms with Crippen molar-refractivity contribution in [2.45, 2.75) is 58.5 Å². The maximum Gasteiger partial charge on any atom is 0.269 e. The largest absolute Gasteiger partial charge is 0.307 e. The summed E-state index contributed by atoms with van der Waals surface area (Å²) in [6.07, 6.45) is 4.60. The fraction of sp³-hybridized carbons (Fsp3) is 0.600. The standard InChI is InChI=1S/C15H24N2O2/c1-4-7-14(8-5-2)16-12(3)13-9-6-10-15(11-13)17(18)19/h6,9-12,14,16H,4-5,7-8H2,1-3H3. The molecule has 0 heterocycles. The molecule has 0 aliphatic heterocycles. The van der Waals surface area contributed by atoms with Crippen LogP contribution in [0.15, 0.2) is 24.3 Å². The van der Waals surface area contributed by atoms with Gasteiger partial charge in [-0.3, -0.25) is 10.1 Å². The predicted molar refractivity (Wildman–Crippen MR) is 78.3 cm³/mol. The van der Waals surface area contributed by atoms with Crippen molar-refractivity contribution in [2.75, 3.05) is 0 Å². The highest BCUT2D eigenvalue weighted by molar-refractivity contribution is 5.35. The number of hydrogen-bond donors (Lipinski definition) is 1. The van der Waals surface area contributed by atoms with Gasteiger partial charge in [-0.2, -0.15) is 0 Å². The van der Waals surface area contributed by atoms with Crippen molar-refractivity contribution in [3.63, 3.8) is 0 Å². The van der Waals surface area contributed by atoms with Crippen molar-refractivity contribution in [3.8, 4) is 0 Å². The zero-order valence-electron chi connectivity index (χ0n) is 12.1. The molecule has 1 unspecified atom stereocenters. The quantitative estimate of drug-likeness (QED) is 0.565. The summed E-state index contributed by atoms with van der Waals surface area (Å²) < 4.78 is 0. The molecule has 0 bridgehead atoms. The fourth-order valence-corrected chi connectivity index (χ4v) is 2.37. The normalized spacial score (nSPS) is 12.6. The van der Waals surface area contributed by atoms with Crippen molar-refractivity contribution in [1.82, 2.24) is 5.32 Å². The molecule has 1 aromatic rings. The SMILES string of the molecule is CCCC(CCC)NC(C)c1cccc([N+](=O)[O-])c1. The van der Waals surface area contributed by atoms with Gasteiger partial charge in [0.15, 0.2) is 0 Å². The second-order valence-electron chi connectivity index (χ2n) is 5.01. The van der Waals surface area contributed by atoms with Crippen LogP contribution in [0.1, 0.15) is 58.1 Å². The highest BCUT2D eigenvalue weighted by Gasteiger charge is 2.14. The van der Waals surface area contributed by atoms with Gasteiger partial charge in [-0.15, -0.1) is 0 Å². The van der Waals surface area contributed by atoms with Crippen LogP contribution < -0.4 is 5.32 Å². The van der Waals surface area contributed by atoms with Gasteiger partial charge in [0.1, 0.15) is 0 Å². The number of nitro groups is 1. The van der Waals surface area contributed by atoms with E-state index in [1.807, 2.05) is 6.07 Å². The summed E-state index contributed by atoms with van der Waals surface area (Å²) in [4.78, 5) is 10.4. The molecule has 19 heavy (non-hydrogen) atoms. The molecule has 0 saturated carbocycles. The number of non-ortho nitro benzene ring substituents is 1. The third-order valence-electron chi connectivity index (χ3n) is 3.34. The van der Waals surface area contributed by atoms with E-state index in [4.69, 9.17) is 0 Å². The average molecular weight is 264 g/mol. The highest BCUT2D eigenvalue weighted by Crippen LogP contribution is 2.20. The molecule has 1 N–H and O–H groups in total. The van der Waals surface area contributed by atoms with Crippen molar-refractivity contribution in [3.05, 3.63) is 39.9 Å². The first kappa shape index (κ1) is 15.6. The minimum Gasteiger partial charge on any atom is -0.307 e. The lowest BCUT2D eigenvalue weighted by atomic mass is 10.0. The molecule has 1 rings (SSSR count). The van der Waals surface area contributed by atoms with E-state index in [9.17, 15) is 10.1 Å². The molecule has 0 aliphatic rings. The van der Waals surface area contributed by atoms with Crippen LogP contribution in [-0.2, 0) is 0 Å². The maximum absolute atomic E-state index is 10.8. The van der Waals surface area contributed by atoms with Crippen LogP contribution in [0.25, 0.3) is 0 Å². The molecule has 4 heteroatoms. The fourth-order valence-electron chi connectivity index (χ4n) is 2.37. The van der Waals surface area contributed by atoms with Crippen LogP contribution in [0.5, 0.6) is 0 Å². The molecule has 106 valence electrons. The molecule has 0 saturated heterocycles. The lowest BCUT2D eigenvalue weighted by Gasteiger charge is -2.23. The summed E-state index contributed by atoms with van der Waals surface area (Å²) in [5.41, 5.74) is 1.14. The van der Waals surface area contributed by atoms with Crippen LogP contribution in [0.4, 0.5) is 5.69 Å². The number of rotatable bonds is 8. The first-order valence-corrected chi connectivity index (χ1v) is 7.08. The van der Waals surface area contributed by atoms with Gasteiger partial charge >= 0.3 is 0 Å². The highest BCUT2D eigenvalue weighted by atomic mass is 16.6. The van der Waals surface area contributed by atoms with E-state index in [1.54, 1.807) is 12.1 Å². The Morgan fingerprint density at radius 1 is 1.26 bits per heavy atom. The monoisotopic (exact) mass is 264 g/mol. The Bertz CT molecular complexity index is 401. The Kier molecular flexibility index (Phi) is 6.50. The Labute approximate surface area is 115 Å². The first-order chi connectivity index (χ1) is 9.08. The smallest absolute Gasteiger partial charge is 0.269 e. The third-order valence-corrected chi connectivity index (χ3v) is 3.34. The second-order valence-corrected chi connectivity index (χ2v) is 5.01. The van der Waals surface area contributed by atoms with Crippen molar-refractivity contribution in [2.24, 2.45) is 0 Å². The summed E-state index contributed by atoms with van der Waals surface area (Å²) in [5.74, 6) is 0. The Balaban J connectivity index is 2.72.